The Morgan fingerprint density at radius 2 is 2.14 bits per heavy atom. The minimum Gasteiger partial charge on any atom is -0.504 e. The zero-order valence-electron chi connectivity index (χ0n) is 15.6. The summed E-state index contributed by atoms with van der Waals surface area (Å²) < 4.78 is 11.9. The van der Waals surface area contributed by atoms with Crippen LogP contribution in [0.1, 0.15) is 30.4 Å². The summed E-state index contributed by atoms with van der Waals surface area (Å²) in [6.07, 6.45) is 4.34. The lowest BCUT2D eigenvalue weighted by atomic mass is 9.53. The number of aliphatic carboxylic acids is 1. The summed E-state index contributed by atoms with van der Waals surface area (Å²) in [6, 6.07) is 4.00. The van der Waals surface area contributed by atoms with Crippen molar-refractivity contribution in [3.63, 3.8) is 0 Å². The van der Waals surface area contributed by atoms with Crippen LogP contribution >= 0.6 is 0 Å². The normalized spacial score (nSPS) is 34.5. The molecule has 5 rings (SSSR count). The highest BCUT2D eigenvalue weighted by atomic mass is 16.6. The minimum atomic E-state index is -1.03. The molecule has 7 heteroatoms. The van der Waals surface area contributed by atoms with Crippen molar-refractivity contribution in [3.8, 4) is 11.5 Å². The largest absolute Gasteiger partial charge is 0.504 e. The van der Waals surface area contributed by atoms with E-state index < -0.39 is 24.1 Å². The predicted octanol–water partition coefficient (Wildman–Crippen LogP) is 1.61. The van der Waals surface area contributed by atoms with Crippen molar-refractivity contribution >= 4 is 11.9 Å². The summed E-state index contributed by atoms with van der Waals surface area (Å²) in [7, 11) is 2.14. The zero-order chi connectivity index (χ0) is 19.6. The molecule has 7 nitrogen and oxygen atoms in total. The molecule has 1 aromatic carbocycles. The molecule has 1 saturated heterocycles. The number of benzene rings is 1. The number of carbonyl (C=O) groups is 2. The number of piperidine rings is 1. The van der Waals surface area contributed by atoms with E-state index in [1.54, 1.807) is 6.07 Å². The fourth-order valence-corrected chi connectivity index (χ4v) is 5.74. The van der Waals surface area contributed by atoms with Crippen molar-refractivity contribution in [2.45, 2.75) is 49.3 Å². The third-order valence-corrected chi connectivity index (χ3v) is 6.94. The molecule has 0 saturated carbocycles. The SMILES string of the molecule is CN1CCC23c4c5ccc(O)c4OC2C(OC(=O)CCC(=O)O)C=CC3C1C5. The highest BCUT2D eigenvalue weighted by molar-refractivity contribution is 5.77. The summed E-state index contributed by atoms with van der Waals surface area (Å²) in [4.78, 5) is 25.3. The first-order chi connectivity index (χ1) is 13.4. The molecular formula is C21H23NO6. The van der Waals surface area contributed by atoms with Gasteiger partial charge in [0.25, 0.3) is 0 Å². The van der Waals surface area contributed by atoms with Crippen LogP contribution < -0.4 is 4.74 Å². The second-order valence-corrected chi connectivity index (χ2v) is 8.29. The molecule has 2 aliphatic heterocycles. The number of aromatic hydroxyl groups is 1. The van der Waals surface area contributed by atoms with Crippen LogP contribution in [-0.2, 0) is 26.2 Å². The number of carboxylic acid groups (broad SMARTS) is 1. The quantitative estimate of drug-likeness (QED) is 0.600. The van der Waals surface area contributed by atoms with Gasteiger partial charge in [-0.15, -0.1) is 0 Å². The molecule has 28 heavy (non-hydrogen) atoms. The number of carboxylic acids is 1. The van der Waals surface area contributed by atoms with Gasteiger partial charge in [-0.25, -0.2) is 0 Å². The molecule has 0 radical (unpaired) electrons. The molecule has 4 aliphatic rings. The van der Waals surface area contributed by atoms with Crippen molar-refractivity contribution in [1.29, 1.82) is 0 Å². The van der Waals surface area contributed by atoms with Crippen molar-refractivity contribution < 1.29 is 29.3 Å². The highest BCUT2D eigenvalue weighted by Gasteiger charge is 2.65. The Morgan fingerprint density at radius 3 is 2.93 bits per heavy atom. The van der Waals surface area contributed by atoms with Gasteiger partial charge >= 0.3 is 11.9 Å². The van der Waals surface area contributed by atoms with Crippen LogP contribution in [0.4, 0.5) is 0 Å². The Hall–Kier alpha value is -2.54. The lowest BCUT2D eigenvalue weighted by Crippen LogP contribution is -2.65. The lowest BCUT2D eigenvalue weighted by molar-refractivity contribution is -0.157. The van der Waals surface area contributed by atoms with Gasteiger partial charge in [-0.1, -0.05) is 12.1 Å². The smallest absolute Gasteiger partial charge is 0.307 e. The standard InChI is InChI=1S/C21H23NO6/c1-22-9-8-21-12-3-5-15(27-17(26)7-6-16(24)25)20(21)28-19-14(23)4-2-11(18(19)21)10-13(12)22/h2-5,12-13,15,20,23H,6-10H2,1H3,(H,24,25). The third-order valence-electron chi connectivity index (χ3n) is 6.94. The summed E-state index contributed by atoms with van der Waals surface area (Å²) >= 11 is 0. The number of likely N-dealkylation sites (N-methyl/N-ethyl adjacent to an activating group) is 1. The first kappa shape index (κ1) is 17.6. The Labute approximate surface area is 162 Å². The number of carbonyl (C=O) groups excluding carboxylic acids is 1. The number of nitrogens with zero attached hydrogens (tertiary/aromatic N) is 1. The zero-order valence-corrected chi connectivity index (χ0v) is 15.6. The molecule has 5 atom stereocenters. The van der Waals surface area contributed by atoms with E-state index in [2.05, 4.69) is 18.0 Å². The van der Waals surface area contributed by atoms with Gasteiger partial charge in [-0.3, -0.25) is 9.59 Å². The van der Waals surface area contributed by atoms with Crippen LogP contribution in [0.15, 0.2) is 24.3 Å². The molecule has 2 heterocycles. The molecule has 2 bridgehead atoms. The number of rotatable bonds is 4. The number of phenolic OH excluding ortho intramolecular Hbond substituents is 1. The monoisotopic (exact) mass is 385 g/mol. The highest BCUT2D eigenvalue weighted by Crippen LogP contribution is 2.62. The van der Waals surface area contributed by atoms with Crippen LogP contribution in [0.25, 0.3) is 0 Å². The Balaban J connectivity index is 1.55. The topological polar surface area (TPSA) is 96.3 Å². The first-order valence-electron chi connectivity index (χ1n) is 9.73. The number of ether oxygens (including phenoxy) is 2. The summed E-state index contributed by atoms with van der Waals surface area (Å²) in [5.41, 5.74) is 1.93. The van der Waals surface area contributed by atoms with Gasteiger partial charge < -0.3 is 24.6 Å². The maximum absolute atomic E-state index is 12.2. The molecule has 0 aromatic heterocycles. The van der Waals surface area contributed by atoms with Gasteiger partial charge in [-0.2, -0.15) is 0 Å². The fraction of sp³-hybridized carbons (Fsp3) is 0.524. The second-order valence-electron chi connectivity index (χ2n) is 8.29. The van der Waals surface area contributed by atoms with E-state index in [1.165, 1.54) is 5.56 Å². The Kier molecular flexibility index (Phi) is 3.75. The van der Waals surface area contributed by atoms with Gasteiger partial charge in [0.1, 0.15) is 6.10 Å². The number of likely N-dealkylation sites (tertiary alicyclic amines) is 1. The minimum absolute atomic E-state index is 0.120. The van der Waals surface area contributed by atoms with Crippen LogP contribution in [0.3, 0.4) is 0 Å². The van der Waals surface area contributed by atoms with Gasteiger partial charge in [0.15, 0.2) is 17.6 Å². The third kappa shape index (κ3) is 2.25. The molecule has 148 valence electrons. The van der Waals surface area contributed by atoms with Crippen LogP contribution in [-0.4, -0.2) is 58.9 Å². The van der Waals surface area contributed by atoms with Crippen LogP contribution in [0.2, 0.25) is 0 Å². The van der Waals surface area contributed by atoms with E-state index >= 15 is 0 Å². The molecule has 1 spiro atoms. The fourth-order valence-electron chi connectivity index (χ4n) is 5.74. The first-order valence-corrected chi connectivity index (χ1v) is 9.73. The molecule has 1 aromatic rings. The van der Waals surface area contributed by atoms with E-state index in [4.69, 9.17) is 14.6 Å². The molecule has 0 amide bonds. The second kappa shape index (κ2) is 5.98. The van der Waals surface area contributed by atoms with Crippen LogP contribution in [0.5, 0.6) is 11.5 Å². The summed E-state index contributed by atoms with van der Waals surface area (Å²) in [5.74, 6) is -0.711. The van der Waals surface area contributed by atoms with E-state index in [0.29, 0.717) is 11.8 Å². The Bertz CT molecular complexity index is 895. The van der Waals surface area contributed by atoms with Crippen molar-refractivity contribution in [2.24, 2.45) is 5.92 Å². The predicted molar refractivity (Wildman–Crippen MR) is 98.3 cm³/mol. The maximum Gasteiger partial charge on any atom is 0.307 e. The van der Waals surface area contributed by atoms with E-state index in [0.717, 1.165) is 24.9 Å². The lowest BCUT2D eigenvalue weighted by Gasteiger charge is -2.56. The van der Waals surface area contributed by atoms with Gasteiger partial charge in [0.05, 0.1) is 12.8 Å². The van der Waals surface area contributed by atoms with Crippen LogP contribution in [0, 0.1) is 5.92 Å². The number of hydrogen-bond donors (Lipinski definition) is 2. The van der Waals surface area contributed by atoms with E-state index in [1.807, 2.05) is 12.1 Å². The van der Waals surface area contributed by atoms with Crippen molar-refractivity contribution in [2.75, 3.05) is 13.6 Å². The van der Waals surface area contributed by atoms with Crippen molar-refractivity contribution in [1.82, 2.24) is 4.90 Å². The van der Waals surface area contributed by atoms with Gasteiger partial charge in [-0.05, 0) is 44.1 Å². The molecule has 1 fully saturated rings. The maximum atomic E-state index is 12.2. The number of hydrogen-bond acceptors (Lipinski definition) is 6. The summed E-state index contributed by atoms with van der Waals surface area (Å²) in [5, 5.41) is 19.2. The van der Waals surface area contributed by atoms with E-state index in [9.17, 15) is 14.7 Å². The molecular weight excluding hydrogens is 362 g/mol. The van der Waals surface area contributed by atoms with Gasteiger partial charge in [0, 0.05) is 22.9 Å². The van der Waals surface area contributed by atoms with Crippen molar-refractivity contribution in [3.05, 3.63) is 35.4 Å². The average molecular weight is 385 g/mol. The number of phenols is 1. The number of esters is 1. The Morgan fingerprint density at radius 1 is 1.32 bits per heavy atom. The average Bonchev–Trinajstić information content (AvgIpc) is 3.01. The molecule has 5 unspecified atom stereocenters. The summed E-state index contributed by atoms with van der Waals surface area (Å²) in [6.45, 7) is 0.906. The molecule has 2 aliphatic carbocycles. The van der Waals surface area contributed by atoms with E-state index in [-0.39, 0.29) is 29.9 Å². The molecule has 2 N–H and O–H groups in total. The van der Waals surface area contributed by atoms with Gasteiger partial charge in [0.2, 0.25) is 0 Å².